The highest BCUT2D eigenvalue weighted by Gasteiger charge is 2.31. The van der Waals surface area contributed by atoms with Gasteiger partial charge in [0.25, 0.3) is 5.91 Å². The highest BCUT2D eigenvalue weighted by molar-refractivity contribution is 5.94. The van der Waals surface area contributed by atoms with Gasteiger partial charge >= 0.3 is 0 Å². The molecule has 5 nitrogen and oxygen atoms in total. The van der Waals surface area contributed by atoms with Gasteiger partial charge in [-0.25, -0.2) is 0 Å². The number of aromatic nitrogens is 2. The van der Waals surface area contributed by atoms with E-state index in [0.29, 0.717) is 12.0 Å². The first-order valence-corrected chi connectivity index (χ1v) is 10.6. The molecule has 0 bridgehead atoms. The molecule has 1 aliphatic heterocycles. The monoisotopic (exact) mass is 360 g/mol. The quantitative estimate of drug-likeness (QED) is 0.812. The number of nitrogens with zero attached hydrogens (tertiary/aromatic N) is 3. The van der Waals surface area contributed by atoms with Crippen molar-refractivity contribution in [1.29, 1.82) is 0 Å². The second kappa shape index (κ2) is 8.55. The normalized spacial score (nSPS) is 20.2. The summed E-state index contributed by atoms with van der Waals surface area (Å²) in [4.78, 5) is 15.1. The second-order valence-electron chi connectivity index (χ2n) is 8.93. The number of carbonyl (C=O) groups excluding carboxylic acids is 1. The Morgan fingerprint density at radius 2 is 1.92 bits per heavy atom. The molecule has 146 valence electrons. The maximum Gasteiger partial charge on any atom is 0.274 e. The van der Waals surface area contributed by atoms with E-state index in [1.165, 1.54) is 17.7 Å². The molecule has 0 aromatic carbocycles. The highest BCUT2D eigenvalue weighted by atomic mass is 16.2. The Balaban J connectivity index is 1.79. The molecule has 0 spiro atoms. The molecule has 3 rings (SSSR count). The predicted molar refractivity (Wildman–Crippen MR) is 105 cm³/mol. The highest BCUT2D eigenvalue weighted by Crippen LogP contribution is 2.27. The van der Waals surface area contributed by atoms with Gasteiger partial charge in [-0.15, -0.1) is 0 Å². The molecular formula is C21H36N4O. The fraction of sp³-hybridized carbons (Fsp3) is 0.810. The minimum Gasteiger partial charge on any atom is -0.337 e. The molecule has 1 atom stereocenters. The first kappa shape index (κ1) is 19.4. The SMILES string of the molecule is CC(C)CCNC1CCc2c(c(C(=O)N3CCCC3)nn2CC(C)C)C1. The number of amides is 1. The van der Waals surface area contributed by atoms with E-state index >= 15 is 0 Å². The fourth-order valence-corrected chi connectivity index (χ4v) is 4.18. The van der Waals surface area contributed by atoms with Crippen molar-refractivity contribution in [3.05, 3.63) is 17.0 Å². The fourth-order valence-electron chi connectivity index (χ4n) is 4.18. The van der Waals surface area contributed by atoms with Crippen LogP contribution in [0.15, 0.2) is 0 Å². The average molecular weight is 361 g/mol. The number of nitrogens with one attached hydrogen (secondary N) is 1. The van der Waals surface area contributed by atoms with E-state index in [4.69, 9.17) is 5.10 Å². The Labute approximate surface area is 158 Å². The summed E-state index contributed by atoms with van der Waals surface area (Å²) in [6.07, 6.45) is 6.57. The van der Waals surface area contributed by atoms with E-state index in [-0.39, 0.29) is 5.91 Å². The molecule has 0 saturated carbocycles. The lowest BCUT2D eigenvalue weighted by molar-refractivity contribution is 0.0784. The number of rotatable bonds is 7. The van der Waals surface area contributed by atoms with Crippen LogP contribution in [0.2, 0.25) is 0 Å². The standard InChI is InChI=1S/C21H36N4O/c1-15(2)9-10-22-17-7-8-19-18(13-17)20(23-25(19)14-16(3)4)21(26)24-11-5-6-12-24/h15-17,22H,5-14H2,1-4H3. The number of likely N-dealkylation sites (tertiary alicyclic amines) is 1. The maximum atomic E-state index is 13.1. The average Bonchev–Trinajstić information content (AvgIpc) is 3.22. The van der Waals surface area contributed by atoms with E-state index in [2.05, 4.69) is 37.7 Å². The predicted octanol–water partition coefficient (Wildman–Crippen LogP) is 3.27. The number of carbonyl (C=O) groups is 1. The Kier molecular flexibility index (Phi) is 6.38. The first-order valence-electron chi connectivity index (χ1n) is 10.6. The van der Waals surface area contributed by atoms with Crippen LogP contribution in [0.1, 0.15) is 75.1 Å². The van der Waals surface area contributed by atoms with Gasteiger partial charge in [0.2, 0.25) is 0 Å². The van der Waals surface area contributed by atoms with Crippen molar-refractivity contribution in [3.8, 4) is 0 Å². The van der Waals surface area contributed by atoms with Crippen LogP contribution < -0.4 is 5.32 Å². The van der Waals surface area contributed by atoms with Crippen LogP contribution in [0, 0.1) is 11.8 Å². The Hall–Kier alpha value is -1.36. The minimum atomic E-state index is 0.157. The first-order chi connectivity index (χ1) is 12.5. The molecule has 1 amide bonds. The molecule has 1 N–H and O–H groups in total. The summed E-state index contributed by atoms with van der Waals surface area (Å²) in [6.45, 7) is 12.7. The third kappa shape index (κ3) is 4.48. The minimum absolute atomic E-state index is 0.157. The number of fused-ring (bicyclic) bond motifs is 1. The molecule has 0 radical (unpaired) electrons. The van der Waals surface area contributed by atoms with Gasteiger partial charge in [-0.3, -0.25) is 9.48 Å². The van der Waals surface area contributed by atoms with Gasteiger partial charge in [0.1, 0.15) is 0 Å². The van der Waals surface area contributed by atoms with Gasteiger partial charge in [-0.2, -0.15) is 5.10 Å². The van der Waals surface area contributed by atoms with Crippen LogP contribution in [-0.4, -0.2) is 46.3 Å². The molecule has 1 aromatic rings. The van der Waals surface area contributed by atoms with E-state index < -0.39 is 0 Å². The summed E-state index contributed by atoms with van der Waals surface area (Å²) in [6, 6.07) is 0.475. The molecule has 1 aliphatic carbocycles. The van der Waals surface area contributed by atoms with Crippen molar-refractivity contribution in [1.82, 2.24) is 20.0 Å². The van der Waals surface area contributed by atoms with E-state index in [0.717, 1.165) is 69.9 Å². The van der Waals surface area contributed by atoms with Crippen molar-refractivity contribution >= 4 is 5.91 Å². The number of hydrogen-bond donors (Lipinski definition) is 1. The lowest BCUT2D eigenvalue weighted by Crippen LogP contribution is -2.37. The lowest BCUT2D eigenvalue weighted by atomic mass is 9.90. The summed E-state index contributed by atoms with van der Waals surface area (Å²) >= 11 is 0. The Morgan fingerprint density at radius 3 is 2.58 bits per heavy atom. The van der Waals surface area contributed by atoms with Crippen molar-refractivity contribution < 1.29 is 4.79 Å². The van der Waals surface area contributed by atoms with Crippen molar-refractivity contribution in [3.63, 3.8) is 0 Å². The molecule has 26 heavy (non-hydrogen) atoms. The largest absolute Gasteiger partial charge is 0.337 e. The van der Waals surface area contributed by atoms with E-state index in [9.17, 15) is 4.79 Å². The van der Waals surface area contributed by atoms with E-state index in [1.807, 2.05) is 4.90 Å². The Bertz CT molecular complexity index is 614. The van der Waals surface area contributed by atoms with Crippen LogP contribution in [-0.2, 0) is 19.4 Å². The van der Waals surface area contributed by atoms with Gasteiger partial charge in [0.15, 0.2) is 5.69 Å². The van der Waals surface area contributed by atoms with Gasteiger partial charge in [0, 0.05) is 36.9 Å². The lowest BCUT2D eigenvalue weighted by Gasteiger charge is -2.25. The van der Waals surface area contributed by atoms with Gasteiger partial charge in [0.05, 0.1) is 0 Å². The van der Waals surface area contributed by atoms with Gasteiger partial charge in [-0.05, 0) is 56.9 Å². The summed E-state index contributed by atoms with van der Waals surface area (Å²) in [5.41, 5.74) is 3.26. The van der Waals surface area contributed by atoms with Crippen LogP contribution in [0.25, 0.3) is 0 Å². The summed E-state index contributed by atoms with van der Waals surface area (Å²) in [5, 5.41) is 8.53. The molecule has 1 saturated heterocycles. The summed E-state index contributed by atoms with van der Waals surface area (Å²) < 4.78 is 2.13. The van der Waals surface area contributed by atoms with Gasteiger partial charge in [-0.1, -0.05) is 27.7 Å². The molecule has 2 aliphatic rings. The molecule has 1 unspecified atom stereocenters. The molecule has 5 heteroatoms. The smallest absolute Gasteiger partial charge is 0.274 e. The Morgan fingerprint density at radius 1 is 1.19 bits per heavy atom. The summed E-state index contributed by atoms with van der Waals surface area (Å²) in [5.74, 6) is 1.42. The zero-order valence-corrected chi connectivity index (χ0v) is 17.1. The van der Waals surface area contributed by atoms with Crippen LogP contribution in [0.3, 0.4) is 0 Å². The van der Waals surface area contributed by atoms with Crippen molar-refractivity contribution in [2.24, 2.45) is 11.8 Å². The summed E-state index contributed by atoms with van der Waals surface area (Å²) in [7, 11) is 0. The van der Waals surface area contributed by atoms with Crippen LogP contribution >= 0.6 is 0 Å². The molecule has 1 aromatic heterocycles. The van der Waals surface area contributed by atoms with Gasteiger partial charge < -0.3 is 10.2 Å². The maximum absolute atomic E-state index is 13.1. The van der Waals surface area contributed by atoms with Crippen molar-refractivity contribution in [2.45, 2.75) is 78.8 Å². The molecule has 2 heterocycles. The van der Waals surface area contributed by atoms with Crippen molar-refractivity contribution in [2.75, 3.05) is 19.6 Å². The number of hydrogen-bond acceptors (Lipinski definition) is 3. The molecular weight excluding hydrogens is 324 g/mol. The third-order valence-corrected chi connectivity index (χ3v) is 5.64. The topological polar surface area (TPSA) is 50.2 Å². The third-order valence-electron chi connectivity index (χ3n) is 5.64. The zero-order valence-electron chi connectivity index (χ0n) is 17.1. The van der Waals surface area contributed by atoms with Crippen LogP contribution in [0.4, 0.5) is 0 Å². The molecule has 1 fully saturated rings. The second-order valence-corrected chi connectivity index (χ2v) is 8.93. The van der Waals surface area contributed by atoms with Crippen LogP contribution in [0.5, 0.6) is 0 Å². The zero-order chi connectivity index (χ0) is 18.7. The van der Waals surface area contributed by atoms with E-state index in [1.54, 1.807) is 0 Å².